The van der Waals surface area contributed by atoms with Crippen molar-refractivity contribution in [3.63, 3.8) is 0 Å². The van der Waals surface area contributed by atoms with Crippen molar-refractivity contribution in [1.29, 1.82) is 0 Å². The number of halogens is 3. The topological polar surface area (TPSA) is 3.24 Å². The molecule has 0 N–H and O–H groups in total. The van der Waals surface area contributed by atoms with Gasteiger partial charge < -0.3 is 4.90 Å². The molecule has 270 valence electrons. The minimum atomic E-state index is -1.11. The molecule has 1 nitrogen and oxygen atoms in total. The number of fused-ring (bicyclic) bond motifs is 12. The van der Waals surface area contributed by atoms with Gasteiger partial charge in [-0.3, -0.25) is 0 Å². The molecule has 1 spiro atoms. The van der Waals surface area contributed by atoms with Gasteiger partial charge in [0.2, 0.25) is 0 Å². The fourth-order valence-corrected chi connectivity index (χ4v) is 10.3. The third-order valence-electron chi connectivity index (χ3n) is 12.8. The highest BCUT2D eigenvalue weighted by molar-refractivity contribution is 5.98. The van der Waals surface area contributed by atoms with Crippen molar-refractivity contribution in [2.24, 2.45) is 0 Å². The summed E-state index contributed by atoms with van der Waals surface area (Å²) in [4.78, 5) is 2.31. The minimum Gasteiger partial charge on any atom is -0.310 e. The van der Waals surface area contributed by atoms with E-state index in [2.05, 4.69) is 128 Å². The highest BCUT2D eigenvalue weighted by Crippen LogP contribution is 2.65. The molecule has 1 atom stereocenters. The third-order valence-corrected chi connectivity index (χ3v) is 12.8. The van der Waals surface area contributed by atoms with Crippen LogP contribution in [0.4, 0.5) is 30.2 Å². The van der Waals surface area contributed by atoms with Crippen LogP contribution in [0.2, 0.25) is 0 Å². The van der Waals surface area contributed by atoms with Crippen molar-refractivity contribution in [2.75, 3.05) is 4.90 Å². The summed E-state index contributed by atoms with van der Waals surface area (Å²) in [6.07, 6.45) is 2.40. The smallest absolute Gasteiger partial charge is 0.123 e. The summed E-state index contributed by atoms with van der Waals surface area (Å²) in [5.41, 5.74) is 15.5. The first-order valence-corrected chi connectivity index (χ1v) is 19.3. The zero-order chi connectivity index (χ0) is 37.9. The van der Waals surface area contributed by atoms with Crippen molar-refractivity contribution in [1.82, 2.24) is 0 Å². The van der Waals surface area contributed by atoms with Crippen molar-refractivity contribution in [3.05, 3.63) is 214 Å². The van der Waals surface area contributed by atoms with Crippen LogP contribution in [0.15, 0.2) is 169 Å². The Balaban J connectivity index is 1.20. The highest BCUT2D eigenvalue weighted by atomic mass is 19.1. The summed E-state index contributed by atoms with van der Waals surface area (Å²) < 4.78 is 46.6. The lowest BCUT2D eigenvalue weighted by Crippen LogP contribution is -2.28. The molecule has 4 heteroatoms. The van der Waals surface area contributed by atoms with Crippen LogP contribution in [0.25, 0.3) is 39.0 Å². The fourth-order valence-electron chi connectivity index (χ4n) is 10.3. The first-order chi connectivity index (χ1) is 27.2. The number of benzene rings is 7. The average molecular weight is 732 g/mol. The fraction of sp³-hybridized carbons (Fsp3) is 0.115. The van der Waals surface area contributed by atoms with Gasteiger partial charge in [0, 0.05) is 28.8 Å². The molecular formula is C52H36F3N. The van der Waals surface area contributed by atoms with Gasteiger partial charge in [-0.05, 0) is 139 Å². The molecule has 0 bridgehead atoms. The Bertz CT molecular complexity index is 2880. The highest BCUT2D eigenvalue weighted by Gasteiger charge is 2.53. The standard InChI is InChI=1S/C52H36F3N/c1-51(2)44-14-8-6-13-38(44)39-24-19-35(29-45(39)51)56(50-15-9-7-12-37(50)31-10-4-3-5-11-31)36-20-25-43-42-23-18-34(55)28-48(42)52(49(43)30-36)46-26-32(53)16-21-40(46)41-22-17-33(54)27-47(41)52/h3-16,18-21,23-30H,17,22H2,1-2H3. The normalized spacial score (nSPS) is 17.8. The number of nitrogens with zero attached hydrogens (tertiary/aromatic N) is 1. The molecule has 0 saturated heterocycles. The second kappa shape index (κ2) is 11.8. The van der Waals surface area contributed by atoms with Gasteiger partial charge in [0.25, 0.3) is 0 Å². The number of allylic oxidation sites excluding steroid dienone is 4. The molecule has 4 aliphatic carbocycles. The van der Waals surface area contributed by atoms with Gasteiger partial charge in [-0.25, -0.2) is 13.2 Å². The van der Waals surface area contributed by atoms with Crippen molar-refractivity contribution < 1.29 is 13.2 Å². The lowest BCUT2D eigenvalue weighted by atomic mass is 9.69. The van der Waals surface area contributed by atoms with Crippen LogP contribution in [0.3, 0.4) is 0 Å². The lowest BCUT2D eigenvalue weighted by molar-refractivity contribution is 0.583. The Hall–Kier alpha value is -6.39. The van der Waals surface area contributed by atoms with E-state index in [1.54, 1.807) is 18.2 Å². The van der Waals surface area contributed by atoms with Crippen LogP contribution in [0, 0.1) is 11.6 Å². The van der Waals surface area contributed by atoms with Crippen LogP contribution in [-0.2, 0) is 10.8 Å². The Kier molecular flexibility index (Phi) is 6.95. The monoisotopic (exact) mass is 731 g/mol. The van der Waals surface area contributed by atoms with Crippen LogP contribution < -0.4 is 4.90 Å². The molecular weight excluding hydrogens is 696 g/mol. The Labute approximate surface area is 324 Å². The van der Waals surface area contributed by atoms with Gasteiger partial charge in [0.1, 0.15) is 17.5 Å². The molecule has 1 unspecified atom stereocenters. The summed E-state index contributed by atoms with van der Waals surface area (Å²) in [5.74, 6) is -0.988. The summed E-state index contributed by atoms with van der Waals surface area (Å²) in [6.45, 7) is 4.58. The predicted molar refractivity (Wildman–Crippen MR) is 221 cm³/mol. The number of hydrogen-bond donors (Lipinski definition) is 0. The zero-order valence-corrected chi connectivity index (χ0v) is 31.0. The molecule has 0 amide bonds. The van der Waals surface area contributed by atoms with E-state index in [1.165, 1.54) is 34.4 Å². The van der Waals surface area contributed by atoms with Crippen LogP contribution in [0.5, 0.6) is 0 Å². The SMILES string of the molecule is CC1(C)c2ccccc2-c2ccc(N(c3ccc4c(c3)C3(C5=C(CCC(F)=C5)c5ccc(F)cc53)c3cc(F)ccc3-4)c3ccccc3-c3ccccc3)cc21. The first-order valence-electron chi connectivity index (χ1n) is 19.3. The molecule has 0 heterocycles. The molecule has 0 saturated carbocycles. The van der Waals surface area contributed by atoms with Crippen LogP contribution >= 0.6 is 0 Å². The number of para-hydroxylation sites is 1. The third kappa shape index (κ3) is 4.44. The van der Waals surface area contributed by atoms with Gasteiger partial charge in [-0.1, -0.05) is 111 Å². The first kappa shape index (κ1) is 33.0. The second-order valence-corrected chi connectivity index (χ2v) is 16.0. The van der Waals surface area contributed by atoms with E-state index >= 15 is 13.2 Å². The van der Waals surface area contributed by atoms with E-state index in [4.69, 9.17) is 0 Å². The summed E-state index contributed by atoms with van der Waals surface area (Å²) in [6, 6.07) is 50.4. The van der Waals surface area contributed by atoms with E-state index in [0.29, 0.717) is 12.0 Å². The molecule has 56 heavy (non-hydrogen) atoms. The average Bonchev–Trinajstić information content (AvgIpc) is 3.75. The molecule has 4 aliphatic rings. The van der Waals surface area contributed by atoms with Gasteiger partial charge >= 0.3 is 0 Å². The van der Waals surface area contributed by atoms with Crippen LogP contribution in [-0.4, -0.2) is 0 Å². The van der Waals surface area contributed by atoms with Crippen molar-refractivity contribution in [3.8, 4) is 33.4 Å². The Morgan fingerprint density at radius 1 is 0.464 bits per heavy atom. The molecule has 0 fully saturated rings. The molecule has 0 aliphatic heterocycles. The molecule has 0 radical (unpaired) electrons. The number of rotatable bonds is 4. The number of anilines is 3. The summed E-state index contributed by atoms with van der Waals surface area (Å²) in [7, 11) is 0. The molecule has 0 aromatic heterocycles. The minimum absolute atomic E-state index is 0.223. The van der Waals surface area contributed by atoms with E-state index in [1.807, 2.05) is 18.2 Å². The molecule has 7 aromatic rings. The van der Waals surface area contributed by atoms with E-state index in [-0.39, 0.29) is 29.3 Å². The van der Waals surface area contributed by atoms with Gasteiger partial charge in [-0.2, -0.15) is 0 Å². The maximum absolute atomic E-state index is 15.6. The predicted octanol–water partition coefficient (Wildman–Crippen LogP) is 14.1. The maximum Gasteiger partial charge on any atom is 0.123 e. The number of hydrogen-bond acceptors (Lipinski definition) is 1. The molecule has 7 aromatic carbocycles. The van der Waals surface area contributed by atoms with Crippen LogP contribution in [0.1, 0.15) is 60.1 Å². The van der Waals surface area contributed by atoms with Gasteiger partial charge in [0.15, 0.2) is 0 Å². The van der Waals surface area contributed by atoms with E-state index in [0.717, 1.165) is 67.2 Å². The zero-order valence-electron chi connectivity index (χ0n) is 31.0. The van der Waals surface area contributed by atoms with E-state index in [9.17, 15) is 0 Å². The Morgan fingerprint density at radius 3 is 1.73 bits per heavy atom. The lowest BCUT2D eigenvalue weighted by Gasteiger charge is -2.34. The summed E-state index contributed by atoms with van der Waals surface area (Å²) >= 11 is 0. The van der Waals surface area contributed by atoms with Gasteiger partial charge in [-0.15, -0.1) is 0 Å². The van der Waals surface area contributed by atoms with Crippen molar-refractivity contribution >= 4 is 22.6 Å². The largest absolute Gasteiger partial charge is 0.310 e. The quantitative estimate of drug-likeness (QED) is 0.174. The van der Waals surface area contributed by atoms with Crippen molar-refractivity contribution in [2.45, 2.75) is 37.5 Å². The molecule has 11 rings (SSSR count). The maximum atomic E-state index is 15.6. The second-order valence-electron chi connectivity index (χ2n) is 16.0. The Morgan fingerprint density at radius 2 is 1.00 bits per heavy atom. The van der Waals surface area contributed by atoms with E-state index < -0.39 is 5.41 Å². The summed E-state index contributed by atoms with van der Waals surface area (Å²) in [5, 5.41) is 0. The van der Waals surface area contributed by atoms with Gasteiger partial charge in [0.05, 0.1) is 11.1 Å².